The SMILES string of the molecule is CCCCCOOC(C)(C)O. The third-order valence-electron chi connectivity index (χ3n) is 1.09. The van der Waals surface area contributed by atoms with Crippen LogP contribution in [-0.2, 0) is 9.78 Å². The van der Waals surface area contributed by atoms with Crippen molar-refractivity contribution >= 4 is 0 Å². The molecular weight excluding hydrogens is 144 g/mol. The number of hydrogen-bond acceptors (Lipinski definition) is 3. The summed E-state index contributed by atoms with van der Waals surface area (Å²) in [6.45, 7) is 5.74. The molecular formula is C8H18O3. The van der Waals surface area contributed by atoms with Gasteiger partial charge in [0.25, 0.3) is 0 Å². The van der Waals surface area contributed by atoms with Crippen LogP contribution in [0.4, 0.5) is 0 Å². The second-order valence-corrected chi connectivity index (χ2v) is 3.06. The fourth-order valence-corrected chi connectivity index (χ4v) is 0.597. The minimum Gasteiger partial charge on any atom is -0.364 e. The smallest absolute Gasteiger partial charge is 0.193 e. The molecule has 3 heteroatoms. The van der Waals surface area contributed by atoms with Crippen LogP contribution < -0.4 is 0 Å². The van der Waals surface area contributed by atoms with Crippen LogP contribution in [0.15, 0.2) is 0 Å². The Labute approximate surface area is 68.2 Å². The number of rotatable bonds is 6. The van der Waals surface area contributed by atoms with Gasteiger partial charge in [-0.3, -0.25) is 0 Å². The summed E-state index contributed by atoms with van der Waals surface area (Å²) in [6.07, 6.45) is 3.27. The van der Waals surface area contributed by atoms with Crippen LogP contribution >= 0.6 is 0 Å². The molecule has 0 heterocycles. The van der Waals surface area contributed by atoms with E-state index in [1.165, 1.54) is 13.8 Å². The van der Waals surface area contributed by atoms with Gasteiger partial charge in [-0.15, -0.1) is 0 Å². The monoisotopic (exact) mass is 162 g/mol. The van der Waals surface area contributed by atoms with Gasteiger partial charge in [0, 0.05) is 0 Å². The van der Waals surface area contributed by atoms with E-state index in [4.69, 9.17) is 9.99 Å². The highest BCUT2D eigenvalue weighted by atomic mass is 17.2. The molecule has 0 bridgehead atoms. The summed E-state index contributed by atoms with van der Waals surface area (Å²) in [4.78, 5) is 9.38. The Balaban J connectivity index is 3.02. The van der Waals surface area contributed by atoms with E-state index in [1.807, 2.05) is 0 Å². The average Bonchev–Trinajstić information content (AvgIpc) is 1.85. The van der Waals surface area contributed by atoms with Crippen LogP contribution in [-0.4, -0.2) is 17.5 Å². The first-order valence-electron chi connectivity index (χ1n) is 4.09. The molecule has 0 aromatic rings. The van der Waals surface area contributed by atoms with Gasteiger partial charge in [-0.25, -0.2) is 9.78 Å². The van der Waals surface area contributed by atoms with Gasteiger partial charge in [0.1, 0.15) is 0 Å². The third kappa shape index (κ3) is 9.88. The van der Waals surface area contributed by atoms with Crippen molar-refractivity contribution in [3.05, 3.63) is 0 Å². The van der Waals surface area contributed by atoms with Crippen molar-refractivity contribution in [3.63, 3.8) is 0 Å². The van der Waals surface area contributed by atoms with Crippen LogP contribution in [0.5, 0.6) is 0 Å². The lowest BCUT2D eigenvalue weighted by molar-refractivity contribution is -0.407. The van der Waals surface area contributed by atoms with Gasteiger partial charge < -0.3 is 5.11 Å². The predicted molar refractivity (Wildman–Crippen MR) is 42.9 cm³/mol. The summed E-state index contributed by atoms with van der Waals surface area (Å²) < 4.78 is 0. The molecule has 0 aromatic carbocycles. The van der Waals surface area contributed by atoms with Gasteiger partial charge >= 0.3 is 0 Å². The molecule has 0 saturated heterocycles. The topological polar surface area (TPSA) is 38.7 Å². The maximum absolute atomic E-state index is 9.03. The van der Waals surface area contributed by atoms with E-state index in [0.29, 0.717) is 6.61 Å². The lowest BCUT2D eigenvalue weighted by Gasteiger charge is -2.15. The van der Waals surface area contributed by atoms with Crippen molar-refractivity contribution < 1.29 is 14.9 Å². The van der Waals surface area contributed by atoms with Crippen molar-refractivity contribution in [1.29, 1.82) is 0 Å². The molecule has 0 unspecified atom stereocenters. The highest BCUT2D eigenvalue weighted by molar-refractivity contribution is 4.42. The molecule has 68 valence electrons. The average molecular weight is 162 g/mol. The first-order valence-corrected chi connectivity index (χ1v) is 4.09. The molecule has 11 heavy (non-hydrogen) atoms. The molecule has 0 aliphatic heterocycles. The van der Waals surface area contributed by atoms with E-state index >= 15 is 0 Å². The van der Waals surface area contributed by atoms with Crippen molar-refractivity contribution in [2.45, 2.75) is 45.8 Å². The van der Waals surface area contributed by atoms with Gasteiger partial charge in [-0.2, -0.15) is 0 Å². The van der Waals surface area contributed by atoms with E-state index in [-0.39, 0.29) is 0 Å². The molecule has 0 fully saturated rings. The van der Waals surface area contributed by atoms with Crippen molar-refractivity contribution in [3.8, 4) is 0 Å². The molecule has 0 rings (SSSR count). The molecule has 3 nitrogen and oxygen atoms in total. The lowest BCUT2D eigenvalue weighted by Crippen LogP contribution is -2.23. The Morgan fingerprint density at radius 3 is 2.36 bits per heavy atom. The Morgan fingerprint density at radius 1 is 1.27 bits per heavy atom. The van der Waals surface area contributed by atoms with Gasteiger partial charge in [0.2, 0.25) is 0 Å². The number of unbranched alkanes of at least 4 members (excludes halogenated alkanes) is 2. The van der Waals surface area contributed by atoms with Crippen molar-refractivity contribution in [2.75, 3.05) is 6.61 Å². The number of hydrogen-bond donors (Lipinski definition) is 1. The van der Waals surface area contributed by atoms with Gasteiger partial charge in [0.15, 0.2) is 5.79 Å². The van der Waals surface area contributed by atoms with Crippen LogP contribution in [0, 0.1) is 0 Å². The molecule has 0 aliphatic carbocycles. The highest BCUT2D eigenvalue weighted by Gasteiger charge is 2.12. The molecule has 0 atom stereocenters. The van der Waals surface area contributed by atoms with Gasteiger partial charge in [-0.1, -0.05) is 19.8 Å². The summed E-state index contributed by atoms with van der Waals surface area (Å²) in [7, 11) is 0. The van der Waals surface area contributed by atoms with Crippen molar-refractivity contribution in [2.24, 2.45) is 0 Å². The van der Waals surface area contributed by atoms with Gasteiger partial charge in [-0.05, 0) is 20.3 Å². The molecule has 0 aromatic heterocycles. The van der Waals surface area contributed by atoms with Gasteiger partial charge in [0.05, 0.1) is 6.61 Å². The summed E-state index contributed by atoms with van der Waals surface area (Å²) in [5, 5.41) is 9.03. The maximum Gasteiger partial charge on any atom is 0.193 e. The minimum atomic E-state index is -1.17. The van der Waals surface area contributed by atoms with Crippen LogP contribution in [0.1, 0.15) is 40.0 Å². The standard InChI is InChI=1S/C8H18O3/c1-4-5-6-7-10-11-8(2,3)9/h9H,4-7H2,1-3H3. The van der Waals surface area contributed by atoms with Crippen molar-refractivity contribution in [1.82, 2.24) is 0 Å². The first kappa shape index (κ1) is 10.9. The zero-order valence-corrected chi connectivity index (χ0v) is 7.59. The zero-order chi connectivity index (χ0) is 8.74. The Morgan fingerprint density at radius 2 is 1.91 bits per heavy atom. The van der Waals surface area contributed by atoms with E-state index in [2.05, 4.69) is 11.8 Å². The highest BCUT2D eigenvalue weighted by Crippen LogP contribution is 2.04. The van der Waals surface area contributed by atoms with E-state index in [0.717, 1.165) is 19.3 Å². The van der Waals surface area contributed by atoms with Crippen LogP contribution in [0.2, 0.25) is 0 Å². The second kappa shape index (κ2) is 5.52. The second-order valence-electron chi connectivity index (χ2n) is 3.06. The summed E-state index contributed by atoms with van der Waals surface area (Å²) in [5.74, 6) is -1.17. The van der Waals surface area contributed by atoms with E-state index in [9.17, 15) is 0 Å². The molecule has 0 saturated carbocycles. The minimum absolute atomic E-state index is 0.553. The molecule has 1 N–H and O–H groups in total. The molecule has 0 spiro atoms. The van der Waals surface area contributed by atoms with E-state index < -0.39 is 5.79 Å². The Bertz CT molecular complexity index is 85.8. The first-order chi connectivity index (χ1) is 5.06. The largest absolute Gasteiger partial charge is 0.364 e. The summed E-state index contributed by atoms with van der Waals surface area (Å²) in [5.41, 5.74) is 0. The molecule has 0 aliphatic rings. The molecule has 0 radical (unpaired) electrons. The number of aliphatic hydroxyl groups is 1. The predicted octanol–water partition coefficient (Wildman–Crippen LogP) is 1.85. The summed E-state index contributed by atoms with van der Waals surface area (Å²) >= 11 is 0. The fourth-order valence-electron chi connectivity index (χ4n) is 0.597. The summed E-state index contributed by atoms with van der Waals surface area (Å²) in [6, 6.07) is 0. The lowest BCUT2D eigenvalue weighted by atomic mass is 10.3. The quantitative estimate of drug-likeness (QED) is 0.280. The maximum atomic E-state index is 9.03. The fraction of sp³-hybridized carbons (Fsp3) is 1.00. The van der Waals surface area contributed by atoms with Crippen LogP contribution in [0.3, 0.4) is 0 Å². The van der Waals surface area contributed by atoms with E-state index in [1.54, 1.807) is 0 Å². The zero-order valence-electron chi connectivity index (χ0n) is 7.59. The molecule has 0 amide bonds. The normalized spacial score (nSPS) is 12.0. The Kier molecular flexibility index (Phi) is 5.46. The third-order valence-corrected chi connectivity index (χ3v) is 1.09. The van der Waals surface area contributed by atoms with Crippen LogP contribution in [0.25, 0.3) is 0 Å². The Hall–Kier alpha value is -0.120.